The Bertz CT molecular complexity index is 770. The smallest absolute Gasteiger partial charge is 0.240 e. The van der Waals surface area contributed by atoms with Gasteiger partial charge in [0, 0.05) is 25.5 Å². The molecule has 0 aliphatic rings. The van der Waals surface area contributed by atoms with E-state index in [9.17, 15) is 8.42 Å². The van der Waals surface area contributed by atoms with Crippen molar-refractivity contribution in [2.75, 3.05) is 12.4 Å². The summed E-state index contributed by atoms with van der Waals surface area (Å²) in [5, 5.41) is 12.1. The number of nitrogens with one attached hydrogen (secondary N) is 2. The van der Waals surface area contributed by atoms with Gasteiger partial charge in [0.05, 0.1) is 4.90 Å². The zero-order valence-electron chi connectivity index (χ0n) is 11.8. The van der Waals surface area contributed by atoms with Crippen LogP contribution in [0.15, 0.2) is 41.4 Å². The number of hydrogen-bond acceptors (Lipinski definition) is 4. The van der Waals surface area contributed by atoms with Crippen LogP contribution in [0.25, 0.3) is 0 Å². The molecular formula is C14H16N4O2S. The van der Waals surface area contributed by atoms with E-state index in [-0.39, 0.29) is 4.90 Å². The van der Waals surface area contributed by atoms with E-state index >= 15 is 0 Å². The van der Waals surface area contributed by atoms with Crippen LogP contribution in [0.3, 0.4) is 0 Å². The van der Waals surface area contributed by atoms with Crippen LogP contribution >= 0.6 is 0 Å². The molecule has 0 amide bonds. The molecular weight excluding hydrogens is 288 g/mol. The first-order valence-corrected chi connectivity index (χ1v) is 7.77. The Kier molecular flexibility index (Phi) is 4.31. The summed E-state index contributed by atoms with van der Waals surface area (Å²) in [6.45, 7) is 0.563. The fourth-order valence-electron chi connectivity index (χ4n) is 1.91. The van der Waals surface area contributed by atoms with Crippen LogP contribution in [-0.2, 0) is 23.6 Å². The number of anilines is 1. The minimum Gasteiger partial charge on any atom is -0.381 e. The first-order valence-electron chi connectivity index (χ1n) is 6.29. The Morgan fingerprint density at radius 1 is 1.29 bits per heavy atom. The third-order valence-corrected chi connectivity index (χ3v) is 4.54. The van der Waals surface area contributed by atoms with E-state index in [0.717, 1.165) is 11.3 Å². The second-order valence-electron chi connectivity index (χ2n) is 4.54. The molecule has 2 aromatic rings. The molecule has 110 valence electrons. The van der Waals surface area contributed by atoms with Gasteiger partial charge in [-0.1, -0.05) is 0 Å². The molecule has 0 saturated heterocycles. The van der Waals surface area contributed by atoms with Gasteiger partial charge in [0.15, 0.2) is 0 Å². The molecule has 1 aromatic carbocycles. The number of aryl methyl sites for hydroxylation is 1. The van der Waals surface area contributed by atoms with E-state index in [0.29, 0.717) is 12.2 Å². The van der Waals surface area contributed by atoms with Gasteiger partial charge in [0.1, 0.15) is 11.8 Å². The predicted molar refractivity (Wildman–Crippen MR) is 80.1 cm³/mol. The molecule has 0 bridgehead atoms. The maximum Gasteiger partial charge on any atom is 0.240 e. The summed E-state index contributed by atoms with van der Waals surface area (Å²) < 4.78 is 27.2. The Morgan fingerprint density at radius 3 is 2.48 bits per heavy atom. The molecule has 0 saturated carbocycles. The zero-order chi connectivity index (χ0) is 15.5. The molecule has 0 radical (unpaired) electrons. The van der Waals surface area contributed by atoms with Crippen molar-refractivity contribution in [3.8, 4) is 6.07 Å². The lowest BCUT2D eigenvalue weighted by atomic mass is 10.3. The van der Waals surface area contributed by atoms with E-state index in [1.807, 2.05) is 19.3 Å². The van der Waals surface area contributed by atoms with Gasteiger partial charge < -0.3 is 9.88 Å². The molecule has 1 heterocycles. The largest absolute Gasteiger partial charge is 0.381 e. The molecule has 0 fully saturated rings. The fourth-order valence-corrected chi connectivity index (χ4v) is 2.64. The summed E-state index contributed by atoms with van der Waals surface area (Å²) in [5.41, 5.74) is 2.40. The Morgan fingerprint density at radius 2 is 1.95 bits per heavy atom. The van der Waals surface area contributed by atoms with Gasteiger partial charge >= 0.3 is 0 Å². The van der Waals surface area contributed by atoms with Crippen molar-refractivity contribution >= 4 is 15.7 Å². The van der Waals surface area contributed by atoms with Crippen LogP contribution in [0.4, 0.5) is 5.69 Å². The molecule has 0 aliphatic heterocycles. The lowest BCUT2D eigenvalue weighted by molar-refractivity contribution is 0.588. The van der Waals surface area contributed by atoms with Crippen LogP contribution in [0, 0.1) is 11.3 Å². The standard InChI is InChI=1S/C14H16N4O2S/c1-16-21(19,20)14-5-3-12(4-6-14)17-9-11-7-13(8-15)18(2)10-11/h3-7,10,16-17H,9H2,1-2H3. The van der Waals surface area contributed by atoms with Crippen LogP contribution < -0.4 is 10.0 Å². The highest BCUT2D eigenvalue weighted by Gasteiger charge is 2.10. The number of sulfonamides is 1. The van der Waals surface area contributed by atoms with E-state index in [4.69, 9.17) is 5.26 Å². The second kappa shape index (κ2) is 5.99. The quantitative estimate of drug-likeness (QED) is 0.874. The highest BCUT2D eigenvalue weighted by atomic mass is 32.2. The molecule has 0 unspecified atom stereocenters. The van der Waals surface area contributed by atoms with Gasteiger partial charge in [0.25, 0.3) is 0 Å². The third-order valence-electron chi connectivity index (χ3n) is 3.11. The number of rotatable bonds is 5. The van der Waals surface area contributed by atoms with E-state index in [1.165, 1.54) is 7.05 Å². The van der Waals surface area contributed by atoms with Gasteiger partial charge in [-0.15, -0.1) is 0 Å². The fraction of sp³-hybridized carbons (Fsp3) is 0.214. The van der Waals surface area contributed by atoms with Gasteiger partial charge in [-0.3, -0.25) is 0 Å². The van der Waals surface area contributed by atoms with Crippen molar-refractivity contribution in [2.45, 2.75) is 11.4 Å². The Balaban J connectivity index is 2.06. The number of aromatic nitrogens is 1. The van der Waals surface area contributed by atoms with Crippen LogP contribution in [0.2, 0.25) is 0 Å². The molecule has 6 nitrogen and oxygen atoms in total. The van der Waals surface area contributed by atoms with E-state index < -0.39 is 10.0 Å². The predicted octanol–water partition coefficient (Wildman–Crippen LogP) is 1.42. The zero-order valence-corrected chi connectivity index (χ0v) is 12.6. The van der Waals surface area contributed by atoms with Gasteiger partial charge in [-0.25, -0.2) is 13.1 Å². The van der Waals surface area contributed by atoms with Crippen molar-refractivity contribution in [3.05, 3.63) is 47.8 Å². The lowest BCUT2D eigenvalue weighted by Gasteiger charge is -2.07. The van der Waals surface area contributed by atoms with Crippen molar-refractivity contribution in [2.24, 2.45) is 7.05 Å². The van der Waals surface area contributed by atoms with Crippen molar-refractivity contribution in [3.63, 3.8) is 0 Å². The Hall–Kier alpha value is -2.30. The third kappa shape index (κ3) is 3.42. The minimum absolute atomic E-state index is 0.224. The lowest BCUT2D eigenvalue weighted by Crippen LogP contribution is -2.18. The number of hydrogen-bond donors (Lipinski definition) is 2. The average molecular weight is 304 g/mol. The SMILES string of the molecule is CNS(=O)(=O)c1ccc(NCc2cc(C#N)n(C)c2)cc1. The average Bonchev–Trinajstić information content (AvgIpc) is 2.86. The van der Waals surface area contributed by atoms with E-state index in [1.54, 1.807) is 28.8 Å². The molecule has 1 aromatic heterocycles. The summed E-state index contributed by atoms with van der Waals surface area (Å²) in [7, 11) is -0.207. The second-order valence-corrected chi connectivity index (χ2v) is 6.43. The van der Waals surface area contributed by atoms with Crippen LogP contribution in [0.1, 0.15) is 11.3 Å². The van der Waals surface area contributed by atoms with Crippen LogP contribution in [-0.4, -0.2) is 20.0 Å². The maximum atomic E-state index is 11.6. The molecule has 0 atom stereocenters. The van der Waals surface area contributed by atoms with Crippen LogP contribution in [0.5, 0.6) is 0 Å². The molecule has 2 rings (SSSR count). The minimum atomic E-state index is -3.40. The van der Waals surface area contributed by atoms with Gasteiger partial charge in [-0.2, -0.15) is 5.26 Å². The number of nitrogens with zero attached hydrogens (tertiary/aromatic N) is 2. The van der Waals surface area contributed by atoms with E-state index in [2.05, 4.69) is 16.1 Å². The van der Waals surface area contributed by atoms with Crippen molar-refractivity contribution < 1.29 is 8.42 Å². The highest BCUT2D eigenvalue weighted by molar-refractivity contribution is 7.89. The molecule has 2 N–H and O–H groups in total. The van der Waals surface area contributed by atoms with Gasteiger partial charge in [-0.05, 0) is 42.9 Å². The Labute approximate surface area is 124 Å². The topological polar surface area (TPSA) is 86.9 Å². The first kappa shape index (κ1) is 15.1. The molecule has 0 spiro atoms. The number of nitriles is 1. The summed E-state index contributed by atoms with van der Waals surface area (Å²) in [6, 6.07) is 10.4. The highest BCUT2D eigenvalue weighted by Crippen LogP contribution is 2.15. The molecule has 21 heavy (non-hydrogen) atoms. The van der Waals surface area contributed by atoms with Gasteiger partial charge in [0.2, 0.25) is 10.0 Å². The maximum absolute atomic E-state index is 11.6. The molecule has 0 aliphatic carbocycles. The number of benzene rings is 1. The normalized spacial score (nSPS) is 11.1. The molecule has 7 heteroatoms. The van der Waals surface area contributed by atoms with Crippen molar-refractivity contribution in [1.82, 2.24) is 9.29 Å². The monoisotopic (exact) mass is 304 g/mol. The summed E-state index contributed by atoms with van der Waals surface area (Å²) in [5.74, 6) is 0. The summed E-state index contributed by atoms with van der Waals surface area (Å²) >= 11 is 0. The first-order chi connectivity index (χ1) is 9.96. The summed E-state index contributed by atoms with van der Waals surface area (Å²) in [4.78, 5) is 0.224. The van der Waals surface area contributed by atoms with Crippen molar-refractivity contribution in [1.29, 1.82) is 5.26 Å². The summed E-state index contributed by atoms with van der Waals surface area (Å²) in [6.07, 6.45) is 1.88.